The molecule has 0 saturated heterocycles. The number of imidazole rings is 1. The van der Waals surface area contributed by atoms with E-state index in [2.05, 4.69) is 4.98 Å². The highest BCUT2D eigenvalue weighted by Crippen LogP contribution is 2.26. The second-order valence-corrected chi connectivity index (χ2v) is 4.52. The SMILES string of the molecule is Cc1cccc2c1nc(N)n2-c1ccc(F)c(C#N)c1. The summed E-state index contributed by atoms with van der Waals surface area (Å²) in [5, 5.41) is 8.92. The standard InChI is InChI=1S/C15H11FN4/c1-9-3-2-4-13-14(9)19-15(18)20(13)11-5-6-12(16)10(7-11)8-17/h2-7H,1H3,(H2,18,19). The number of para-hydroxylation sites is 1. The maximum absolute atomic E-state index is 13.4. The van der Waals surface area contributed by atoms with Crippen molar-refractivity contribution < 1.29 is 4.39 Å². The third-order valence-corrected chi connectivity index (χ3v) is 3.24. The summed E-state index contributed by atoms with van der Waals surface area (Å²) in [5.41, 5.74) is 9.20. The van der Waals surface area contributed by atoms with Crippen LogP contribution in [0.3, 0.4) is 0 Å². The van der Waals surface area contributed by atoms with Crippen LogP contribution in [-0.4, -0.2) is 9.55 Å². The zero-order valence-corrected chi connectivity index (χ0v) is 10.8. The molecule has 0 spiro atoms. The molecule has 1 aromatic heterocycles. The Labute approximate surface area is 114 Å². The molecule has 0 bridgehead atoms. The van der Waals surface area contributed by atoms with Gasteiger partial charge < -0.3 is 5.73 Å². The van der Waals surface area contributed by atoms with E-state index < -0.39 is 5.82 Å². The van der Waals surface area contributed by atoms with Crippen LogP contribution in [0, 0.1) is 24.1 Å². The fourth-order valence-corrected chi connectivity index (χ4v) is 2.27. The first kappa shape index (κ1) is 12.2. The molecule has 1 heterocycles. The van der Waals surface area contributed by atoms with Gasteiger partial charge in [0.2, 0.25) is 5.95 Å². The van der Waals surface area contributed by atoms with Crippen LogP contribution in [0.15, 0.2) is 36.4 Å². The summed E-state index contributed by atoms with van der Waals surface area (Å²) in [6.45, 7) is 1.95. The van der Waals surface area contributed by atoms with Gasteiger partial charge in [0.1, 0.15) is 11.9 Å². The van der Waals surface area contributed by atoms with Gasteiger partial charge in [0, 0.05) is 0 Å². The predicted molar refractivity (Wildman–Crippen MR) is 74.9 cm³/mol. The van der Waals surface area contributed by atoms with Gasteiger partial charge in [-0.25, -0.2) is 9.37 Å². The molecule has 0 aliphatic rings. The van der Waals surface area contributed by atoms with Crippen LogP contribution in [0.5, 0.6) is 0 Å². The monoisotopic (exact) mass is 266 g/mol. The molecule has 0 saturated carbocycles. The lowest BCUT2D eigenvalue weighted by Gasteiger charge is -2.07. The Morgan fingerprint density at radius 2 is 2.10 bits per heavy atom. The van der Waals surface area contributed by atoms with Gasteiger partial charge in [0.25, 0.3) is 0 Å². The molecule has 3 aromatic rings. The van der Waals surface area contributed by atoms with Gasteiger partial charge in [-0.2, -0.15) is 5.26 Å². The Morgan fingerprint density at radius 3 is 2.85 bits per heavy atom. The van der Waals surface area contributed by atoms with Crippen molar-refractivity contribution in [2.45, 2.75) is 6.92 Å². The number of aromatic nitrogens is 2. The predicted octanol–water partition coefficient (Wildman–Crippen LogP) is 2.93. The molecule has 0 fully saturated rings. The Bertz CT molecular complexity index is 858. The number of anilines is 1. The molecular formula is C15H11FN4. The number of halogens is 1. The van der Waals surface area contributed by atoms with Crippen molar-refractivity contribution in [3.63, 3.8) is 0 Å². The van der Waals surface area contributed by atoms with Crippen LogP contribution in [0.2, 0.25) is 0 Å². The third kappa shape index (κ3) is 1.70. The van der Waals surface area contributed by atoms with E-state index in [-0.39, 0.29) is 5.56 Å². The number of aryl methyl sites for hydroxylation is 1. The minimum atomic E-state index is -0.546. The number of hydrogen-bond acceptors (Lipinski definition) is 3. The zero-order valence-electron chi connectivity index (χ0n) is 10.8. The van der Waals surface area contributed by atoms with Gasteiger partial charge in [0.15, 0.2) is 0 Å². The lowest BCUT2D eigenvalue weighted by atomic mass is 10.2. The lowest BCUT2D eigenvalue weighted by Crippen LogP contribution is -2.01. The van der Waals surface area contributed by atoms with Gasteiger partial charge in [-0.05, 0) is 36.8 Å². The van der Waals surface area contributed by atoms with Gasteiger partial charge in [-0.15, -0.1) is 0 Å². The highest BCUT2D eigenvalue weighted by molar-refractivity contribution is 5.83. The van der Waals surface area contributed by atoms with Crippen molar-refractivity contribution in [1.29, 1.82) is 5.26 Å². The number of fused-ring (bicyclic) bond motifs is 1. The number of rotatable bonds is 1. The minimum Gasteiger partial charge on any atom is -0.369 e. The Kier molecular flexibility index (Phi) is 2.65. The molecule has 0 amide bonds. The highest BCUT2D eigenvalue weighted by atomic mass is 19.1. The van der Waals surface area contributed by atoms with Crippen molar-refractivity contribution >= 4 is 17.0 Å². The van der Waals surface area contributed by atoms with E-state index in [4.69, 9.17) is 11.0 Å². The van der Waals surface area contributed by atoms with E-state index in [9.17, 15) is 4.39 Å². The molecule has 0 aliphatic heterocycles. The van der Waals surface area contributed by atoms with Crippen molar-refractivity contribution in [1.82, 2.24) is 9.55 Å². The van der Waals surface area contributed by atoms with E-state index in [0.717, 1.165) is 16.6 Å². The fraction of sp³-hybridized carbons (Fsp3) is 0.0667. The number of nitrogen functional groups attached to an aromatic ring is 1. The quantitative estimate of drug-likeness (QED) is 0.736. The van der Waals surface area contributed by atoms with Gasteiger partial charge in [0.05, 0.1) is 22.3 Å². The Hall–Kier alpha value is -2.87. The molecule has 0 unspecified atom stereocenters. The largest absolute Gasteiger partial charge is 0.369 e. The first-order chi connectivity index (χ1) is 9.61. The molecule has 20 heavy (non-hydrogen) atoms. The normalized spacial score (nSPS) is 10.7. The highest BCUT2D eigenvalue weighted by Gasteiger charge is 2.13. The second-order valence-electron chi connectivity index (χ2n) is 4.52. The van der Waals surface area contributed by atoms with Crippen LogP contribution in [0.4, 0.5) is 10.3 Å². The Balaban J connectivity index is 2.33. The number of hydrogen-bond donors (Lipinski definition) is 1. The molecule has 0 radical (unpaired) electrons. The summed E-state index contributed by atoms with van der Waals surface area (Å²) in [7, 11) is 0. The molecule has 98 valence electrons. The summed E-state index contributed by atoms with van der Waals surface area (Å²) in [4.78, 5) is 4.33. The van der Waals surface area contributed by atoms with Crippen molar-refractivity contribution in [2.24, 2.45) is 0 Å². The summed E-state index contributed by atoms with van der Waals surface area (Å²) < 4.78 is 15.1. The summed E-state index contributed by atoms with van der Waals surface area (Å²) in [5.74, 6) is -0.236. The molecule has 0 aliphatic carbocycles. The van der Waals surface area contributed by atoms with Crippen LogP contribution in [-0.2, 0) is 0 Å². The topological polar surface area (TPSA) is 67.6 Å². The van der Waals surface area contributed by atoms with E-state index in [1.165, 1.54) is 12.1 Å². The molecule has 2 aromatic carbocycles. The van der Waals surface area contributed by atoms with E-state index in [0.29, 0.717) is 11.6 Å². The molecule has 5 heteroatoms. The van der Waals surface area contributed by atoms with Crippen LogP contribution in [0.25, 0.3) is 16.7 Å². The maximum atomic E-state index is 13.4. The van der Waals surface area contributed by atoms with Crippen molar-refractivity contribution in [3.05, 3.63) is 53.3 Å². The first-order valence-corrected chi connectivity index (χ1v) is 6.05. The molecular weight excluding hydrogens is 255 g/mol. The summed E-state index contributed by atoms with van der Waals surface area (Å²) >= 11 is 0. The molecule has 3 rings (SSSR count). The molecule has 0 atom stereocenters. The van der Waals surface area contributed by atoms with E-state index in [1.807, 2.05) is 31.2 Å². The van der Waals surface area contributed by atoms with Crippen molar-refractivity contribution in [2.75, 3.05) is 5.73 Å². The van der Waals surface area contributed by atoms with Crippen LogP contribution < -0.4 is 5.73 Å². The van der Waals surface area contributed by atoms with Crippen molar-refractivity contribution in [3.8, 4) is 11.8 Å². The van der Waals surface area contributed by atoms with Crippen LogP contribution >= 0.6 is 0 Å². The molecule has 2 N–H and O–H groups in total. The third-order valence-electron chi connectivity index (χ3n) is 3.24. The average molecular weight is 266 g/mol. The lowest BCUT2D eigenvalue weighted by molar-refractivity contribution is 0.623. The first-order valence-electron chi connectivity index (χ1n) is 6.05. The average Bonchev–Trinajstić information content (AvgIpc) is 2.77. The maximum Gasteiger partial charge on any atom is 0.205 e. The van der Waals surface area contributed by atoms with E-state index >= 15 is 0 Å². The van der Waals surface area contributed by atoms with Crippen LogP contribution in [0.1, 0.15) is 11.1 Å². The van der Waals surface area contributed by atoms with Gasteiger partial charge in [-0.3, -0.25) is 4.57 Å². The number of benzene rings is 2. The number of nitrogens with zero attached hydrogens (tertiary/aromatic N) is 3. The zero-order chi connectivity index (χ0) is 14.3. The summed E-state index contributed by atoms with van der Waals surface area (Å²) in [6.07, 6.45) is 0. The Morgan fingerprint density at radius 1 is 1.30 bits per heavy atom. The van der Waals surface area contributed by atoms with E-state index in [1.54, 1.807) is 10.6 Å². The summed E-state index contributed by atoms with van der Waals surface area (Å²) in [6, 6.07) is 11.9. The number of nitriles is 1. The smallest absolute Gasteiger partial charge is 0.205 e. The minimum absolute atomic E-state index is 0.0172. The number of nitrogens with two attached hydrogens (primary N) is 1. The molecule has 4 nitrogen and oxygen atoms in total. The van der Waals surface area contributed by atoms with Gasteiger partial charge >= 0.3 is 0 Å². The second kappa shape index (κ2) is 4.35. The fourth-order valence-electron chi connectivity index (χ4n) is 2.27. The van der Waals surface area contributed by atoms with Gasteiger partial charge in [-0.1, -0.05) is 12.1 Å².